The Morgan fingerprint density at radius 2 is 2.06 bits per heavy atom. The molecule has 2 rings (SSSR count). The van der Waals surface area contributed by atoms with Crippen LogP contribution in [-0.4, -0.2) is 36.9 Å². The predicted molar refractivity (Wildman–Crippen MR) is 64.4 cm³/mol. The monoisotopic (exact) mass is 254 g/mol. The molecule has 1 saturated heterocycles. The molecule has 18 heavy (non-hydrogen) atoms. The first-order chi connectivity index (χ1) is 8.59. The molecule has 0 saturated carbocycles. The van der Waals surface area contributed by atoms with E-state index in [-0.39, 0.29) is 12.1 Å². The van der Waals surface area contributed by atoms with Crippen molar-refractivity contribution in [3.63, 3.8) is 0 Å². The van der Waals surface area contributed by atoms with E-state index in [1.807, 2.05) is 37.4 Å². The van der Waals surface area contributed by atoms with Crippen LogP contribution < -0.4 is 5.32 Å². The van der Waals surface area contributed by atoms with Crippen molar-refractivity contribution in [2.24, 2.45) is 0 Å². The first-order valence-corrected chi connectivity index (χ1v) is 5.93. The van der Waals surface area contributed by atoms with Crippen molar-refractivity contribution in [2.45, 2.75) is 24.9 Å². The van der Waals surface area contributed by atoms with Crippen LogP contribution in [0.25, 0.3) is 0 Å². The third kappa shape index (κ3) is 2.67. The highest BCUT2D eigenvalue weighted by Crippen LogP contribution is 2.30. The van der Waals surface area contributed by atoms with Crippen LogP contribution in [0.15, 0.2) is 30.3 Å². The van der Waals surface area contributed by atoms with E-state index in [1.54, 1.807) is 0 Å². The summed E-state index contributed by atoms with van der Waals surface area (Å²) in [6, 6.07) is 9.35. The summed E-state index contributed by atoms with van der Waals surface area (Å²) in [7, 11) is 1.94. The van der Waals surface area contributed by atoms with Gasteiger partial charge in [0.25, 0.3) is 5.91 Å². The number of alkyl halides is 2. The Morgan fingerprint density at radius 3 is 2.67 bits per heavy atom. The third-order valence-electron chi connectivity index (χ3n) is 3.32. The molecule has 1 amide bonds. The highest BCUT2D eigenvalue weighted by molar-refractivity contribution is 5.79. The van der Waals surface area contributed by atoms with E-state index in [9.17, 15) is 13.6 Å². The van der Waals surface area contributed by atoms with E-state index >= 15 is 0 Å². The maximum atomic E-state index is 12.3. The van der Waals surface area contributed by atoms with Crippen molar-refractivity contribution in [3.05, 3.63) is 35.9 Å². The number of halogens is 2. The molecule has 0 aliphatic carbocycles. The van der Waals surface area contributed by atoms with Gasteiger partial charge in [-0.15, -0.1) is 0 Å². The lowest BCUT2D eigenvalue weighted by Gasteiger charge is -2.26. The second kappa shape index (κ2) is 5.44. The summed E-state index contributed by atoms with van der Waals surface area (Å²) >= 11 is 0. The van der Waals surface area contributed by atoms with Crippen molar-refractivity contribution in [1.29, 1.82) is 0 Å². The van der Waals surface area contributed by atoms with Gasteiger partial charge < -0.3 is 5.32 Å². The van der Waals surface area contributed by atoms with E-state index < -0.39 is 12.3 Å². The fourth-order valence-corrected chi connectivity index (χ4v) is 2.48. The molecule has 5 heteroatoms. The van der Waals surface area contributed by atoms with Crippen molar-refractivity contribution in [2.75, 3.05) is 13.6 Å². The van der Waals surface area contributed by atoms with Gasteiger partial charge in [0.2, 0.25) is 0 Å². The molecule has 1 N–H and O–H groups in total. The smallest absolute Gasteiger partial charge is 0.315 e. The lowest BCUT2D eigenvalue weighted by atomic mass is 10.0. The summed E-state index contributed by atoms with van der Waals surface area (Å²) in [5, 5.41) is 2.43. The first-order valence-electron chi connectivity index (χ1n) is 5.93. The van der Waals surface area contributed by atoms with Crippen molar-refractivity contribution in [1.82, 2.24) is 10.2 Å². The van der Waals surface area contributed by atoms with Gasteiger partial charge in [0.05, 0.1) is 6.04 Å². The van der Waals surface area contributed by atoms with Crippen LogP contribution in [0.1, 0.15) is 18.0 Å². The number of carbonyl (C=O) groups is 1. The lowest BCUT2D eigenvalue weighted by Crippen LogP contribution is -2.41. The average molecular weight is 254 g/mol. The molecule has 1 aromatic rings. The predicted octanol–water partition coefficient (Wildman–Crippen LogP) is 1.81. The topological polar surface area (TPSA) is 32.3 Å². The minimum Gasteiger partial charge on any atom is -0.346 e. The second-order valence-corrected chi connectivity index (χ2v) is 4.54. The van der Waals surface area contributed by atoms with Crippen LogP contribution in [0.3, 0.4) is 0 Å². The fraction of sp³-hybridized carbons (Fsp3) is 0.462. The Hall–Kier alpha value is -1.49. The zero-order valence-corrected chi connectivity index (χ0v) is 10.1. The number of amides is 1. The van der Waals surface area contributed by atoms with Gasteiger partial charge in [0, 0.05) is 12.6 Å². The van der Waals surface area contributed by atoms with Gasteiger partial charge in [0.1, 0.15) is 0 Å². The molecule has 0 aromatic heterocycles. The van der Waals surface area contributed by atoms with Crippen LogP contribution in [0.5, 0.6) is 0 Å². The Kier molecular flexibility index (Phi) is 3.91. The quantitative estimate of drug-likeness (QED) is 0.892. The minimum atomic E-state index is -2.95. The van der Waals surface area contributed by atoms with E-state index in [0.29, 0.717) is 6.42 Å². The number of likely N-dealkylation sites (tertiary alicyclic amines) is 1. The number of benzene rings is 1. The summed E-state index contributed by atoms with van der Waals surface area (Å²) in [5.74, 6) is -1.18. The molecule has 0 bridgehead atoms. The van der Waals surface area contributed by atoms with Crippen LogP contribution in [0, 0.1) is 0 Å². The summed E-state index contributed by atoms with van der Waals surface area (Å²) in [4.78, 5) is 13.2. The summed E-state index contributed by atoms with van der Waals surface area (Å²) < 4.78 is 24.6. The highest BCUT2D eigenvalue weighted by Gasteiger charge is 2.35. The molecule has 3 nitrogen and oxygen atoms in total. The molecular formula is C13H16F2N2O. The number of hydrogen-bond acceptors (Lipinski definition) is 2. The zero-order valence-electron chi connectivity index (χ0n) is 10.1. The zero-order chi connectivity index (χ0) is 13.1. The Balaban J connectivity index is 2.13. The molecule has 0 radical (unpaired) electrons. The van der Waals surface area contributed by atoms with E-state index in [0.717, 1.165) is 12.1 Å². The second-order valence-electron chi connectivity index (χ2n) is 4.54. The normalized spacial score (nSPS) is 24.4. The molecule has 1 aliphatic heterocycles. The van der Waals surface area contributed by atoms with Gasteiger partial charge in [-0.05, 0) is 19.0 Å². The van der Waals surface area contributed by atoms with Crippen molar-refractivity contribution < 1.29 is 13.6 Å². The number of carbonyl (C=O) groups excluding carboxylic acids is 1. The Labute approximate surface area is 105 Å². The van der Waals surface area contributed by atoms with Crippen LogP contribution in [0.4, 0.5) is 8.78 Å². The van der Waals surface area contributed by atoms with Gasteiger partial charge in [-0.3, -0.25) is 9.69 Å². The van der Waals surface area contributed by atoms with Crippen LogP contribution >= 0.6 is 0 Å². The van der Waals surface area contributed by atoms with Crippen LogP contribution in [-0.2, 0) is 4.79 Å². The Bertz CT molecular complexity index is 411. The number of nitrogens with zero attached hydrogens (tertiary/aromatic N) is 1. The number of likely N-dealkylation sites (N-methyl/N-ethyl adjacent to an activating group) is 1. The summed E-state index contributed by atoms with van der Waals surface area (Å²) in [5.41, 5.74) is 1.04. The van der Waals surface area contributed by atoms with Crippen LogP contribution in [0.2, 0.25) is 0 Å². The third-order valence-corrected chi connectivity index (χ3v) is 3.32. The first kappa shape index (κ1) is 13.0. The van der Waals surface area contributed by atoms with Gasteiger partial charge >= 0.3 is 6.43 Å². The molecule has 1 heterocycles. The number of hydrogen-bond donors (Lipinski definition) is 1. The molecule has 0 unspecified atom stereocenters. The molecule has 0 spiro atoms. The molecule has 1 aromatic carbocycles. The van der Waals surface area contributed by atoms with E-state index in [1.165, 1.54) is 0 Å². The fourth-order valence-electron chi connectivity index (χ4n) is 2.48. The largest absolute Gasteiger partial charge is 0.346 e. The molecule has 1 aliphatic rings. The average Bonchev–Trinajstić information content (AvgIpc) is 2.71. The maximum Gasteiger partial charge on any atom is 0.315 e. The molecule has 98 valence electrons. The maximum absolute atomic E-state index is 12.3. The minimum absolute atomic E-state index is 0.0334. The summed E-state index contributed by atoms with van der Waals surface area (Å²) in [6.07, 6.45) is -2.26. The van der Waals surface area contributed by atoms with Gasteiger partial charge in [-0.2, -0.15) is 8.78 Å². The standard InChI is InChI=1S/C13H16F2N2O/c1-17-8-7-10(16-13(18)12(14)15)11(17)9-5-3-2-4-6-9/h2-6,10-12H,7-8H2,1H3,(H,16,18)/t10-,11-/m1/s1. The highest BCUT2D eigenvalue weighted by atomic mass is 19.3. The van der Waals surface area contributed by atoms with Gasteiger partial charge in [0.15, 0.2) is 0 Å². The Morgan fingerprint density at radius 1 is 1.39 bits per heavy atom. The van der Waals surface area contributed by atoms with Gasteiger partial charge in [-0.1, -0.05) is 30.3 Å². The van der Waals surface area contributed by atoms with Crippen molar-refractivity contribution in [3.8, 4) is 0 Å². The molecular weight excluding hydrogens is 238 g/mol. The number of rotatable bonds is 3. The molecule has 1 fully saturated rings. The summed E-state index contributed by atoms with van der Waals surface area (Å²) in [6.45, 7) is 0.785. The van der Waals surface area contributed by atoms with E-state index in [2.05, 4.69) is 10.2 Å². The van der Waals surface area contributed by atoms with E-state index in [4.69, 9.17) is 0 Å². The SMILES string of the molecule is CN1CC[C@@H](NC(=O)C(F)F)[C@H]1c1ccccc1. The van der Waals surface area contributed by atoms with Gasteiger partial charge in [-0.25, -0.2) is 0 Å². The molecule has 2 atom stereocenters. The lowest BCUT2D eigenvalue weighted by molar-refractivity contribution is -0.132. The number of nitrogens with one attached hydrogen (secondary N) is 1. The van der Waals surface area contributed by atoms with Crippen molar-refractivity contribution >= 4 is 5.91 Å².